The topological polar surface area (TPSA) is 26.3 Å². The average molecular weight is 220 g/mol. The van der Waals surface area contributed by atoms with Crippen LogP contribution in [0.4, 0.5) is 0 Å². The largest absolute Gasteiger partial charge is 0.491 e. The fourth-order valence-corrected chi connectivity index (χ4v) is 1.69. The Balaban J connectivity index is 3.01. The van der Waals surface area contributed by atoms with Crippen molar-refractivity contribution in [1.29, 1.82) is 0 Å². The Morgan fingerprint density at radius 2 is 2.00 bits per heavy atom. The molecule has 2 nitrogen and oxygen atoms in total. The third kappa shape index (κ3) is 3.37. The Labute approximate surface area is 97.6 Å². The summed E-state index contributed by atoms with van der Waals surface area (Å²) in [5, 5.41) is 0. The normalized spacial score (nSPS) is 12.6. The minimum absolute atomic E-state index is 0.157. The van der Waals surface area contributed by atoms with Crippen molar-refractivity contribution in [2.24, 2.45) is 0 Å². The van der Waals surface area contributed by atoms with Crippen LogP contribution in [0.3, 0.4) is 0 Å². The van der Waals surface area contributed by atoms with Crippen molar-refractivity contribution in [2.45, 2.75) is 46.1 Å². The van der Waals surface area contributed by atoms with E-state index in [-0.39, 0.29) is 12.0 Å². The highest BCUT2D eigenvalue weighted by molar-refractivity contribution is 5.53. The molecule has 88 valence electrons. The van der Waals surface area contributed by atoms with E-state index in [9.17, 15) is 4.79 Å². The summed E-state index contributed by atoms with van der Waals surface area (Å²) < 4.78 is 5.75. The maximum absolute atomic E-state index is 10.6. The first-order valence-electron chi connectivity index (χ1n) is 5.75. The van der Waals surface area contributed by atoms with Crippen LogP contribution < -0.4 is 4.74 Å². The molecule has 0 N–H and O–H groups in total. The molecular weight excluding hydrogens is 200 g/mol. The molecule has 0 bridgehead atoms. The van der Waals surface area contributed by atoms with Crippen molar-refractivity contribution < 1.29 is 9.53 Å². The van der Waals surface area contributed by atoms with E-state index in [4.69, 9.17) is 4.74 Å². The van der Waals surface area contributed by atoms with Crippen molar-refractivity contribution in [3.05, 3.63) is 29.3 Å². The Kier molecular flexibility index (Phi) is 4.53. The van der Waals surface area contributed by atoms with E-state index >= 15 is 0 Å². The van der Waals surface area contributed by atoms with Crippen LogP contribution in [0.1, 0.15) is 44.2 Å². The summed E-state index contributed by atoms with van der Waals surface area (Å²) in [5.74, 6) is 1.11. The molecule has 0 radical (unpaired) electrons. The van der Waals surface area contributed by atoms with Gasteiger partial charge in [0.1, 0.15) is 12.0 Å². The number of carbonyl (C=O) groups is 1. The molecular formula is C14H20O2. The van der Waals surface area contributed by atoms with E-state index in [1.54, 1.807) is 0 Å². The molecule has 0 saturated heterocycles. The fourth-order valence-electron chi connectivity index (χ4n) is 1.69. The van der Waals surface area contributed by atoms with Gasteiger partial charge < -0.3 is 9.53 Å². The number of aryl methyl sites for hydroxylation is 1. The molecule has 0 saturated carbocycles. The van der Waals surface area contributed by atoms with Crippen LogP contribution in [0.25, 0.3) is 0 Å². The van der Waals surface area contributed by atoms with E-state index in [1.165, 1.54) is 5.56 Å². The second-order valence-electron chi connectivity index (χ2n) is 4.51. The van der Waals surface area contributed by atoms with Crippen LogP contribution in [0.15, 0.2) is 18.2 Å². The van der Waals surface area contributed by atoms with Crippen LogP contribution >= 0.6 is 0 Å². The molecule has 1 atom stereocenters. The van der Waals surface area contributed by atoms with Crippen molar-refractivity contribution in [3.63, 3.8) is 0 Å². The Hall–Kier alpha value is -1.31. The molecule has 0 fully saturated rings. The Morgan fingerprint density at radius 1 is 1.31 bits per heavy atom. The van der Waals surface area contributed by atoms with Gasteiger partial charge >= 0.3 is 0 Å². The second-order valence-corrected chi connectivity index (χ2v) is 4.51. The van der Waals surface area contributed by atoms with E-state index in [0.717, 1.165) is 17.6 Å². The fraction of sp³-hybridized carbons (Fsp3) is 0.500. The number of benzene rings is 1. The van der Waals surface area contributed by atoms with Gasteiger partial charge in [-0.1, -0.05) is 24.6 Å². The SMILES string of the molecule is Cc1ccc(OC(C)C)c(C(C)CC=O)c1. The van der Waals surface area contributed by atoms with E-state index in [2.05, 4.69) is 19.9 Å². The van der Waals surface area contributed by atoms with E-state index in [0.29, 0.717) is 6.42 Å². The molecule has 1 unspecified atom stereocenters. The maximum Gasteiger partial charge on any atom is 0.123 e. The molecule has 0 aliphatic rings. The van der Waals surface area contributed by atoms with Gasteiger partial charge in [0.15, 0.2) is 0 Å². The summed E-state index contributed by atoms with van der Waals surface area (Å²) in [4.78, 5) is 10.6. The van der Waals surface area contributed by atoms with Crippen LogP contribution in [0.2, 0.25) is 0 Å². The zero-order chi connectivity index (χ0) is 12.1. The first-order valence-corrected chi connectivity index (χ1v) is 5.75. The lowest BCUT2D eigenvalue weighted by Crippen LogP contribution is -2.09. The molecule has 0 amide bonds. The van der Waals surface area contributed by atoms with Crippen LogP contribution in [-0.2, 0) is 4.79 Å². The van der Waals surface area contributed by atoms with Gasteiger partial charge in [0.05, 0.1) is 6.10 Å². The number of aldehydes is 1. The minimum atomic E-state index is 0.157. The lowest BCUT2D eigenvalue weighted by Gasteiger charge is -2.18. The van der Waals surface area contributed by atoms with Crippen molar-refractivity contribution in [3.8, 4) is 5.75 Å². The Morgan fingerprint density at radius 3 is 2.56 bits per heavy atom. The highest BCUT2D eigenvalue weighted by Gasteiger charge is 2.12. The highest BCUT2D eigenvalue weighted by atomic mass is 16.5. The predicted molar refractivity (Wildman–Crippen MR) is 66.0 cm³/mol. The predicted octanol–water partition coefficient (Wildman–Crippen LogP) is 3.47. The summed E-state index contributed by atoms with van der Waals surface area (Å²) in [7, 11) is 0. The molecule has 2 heteroatoms. The number of hydrogen-bond donors (Lipinski definition) is 0. The average Bonchev–Trinajstić information content (AvgIpc) is 2.20. The standard InChI is InChI=1S/C14H20O2/c1-10(2)16-14-6-5-11(3)9-13(14)12(4)7-8-15/h5-6,8-10,12H,7H2,1-4H3. The van der Waals surface area contributed by atoms with Gasteiger partial charge in [0.2, 0.25) is 0 Å². The molecule has 1 aromatic rings. The minimum Gasteiger partial charge on any atom is -0.491 e. The van der Waals surface area contributed by atoms with Gasteiger partial charge in [0.25, 0.3) is 0 Å². The lowest BCUT2D eigenvalue weighted by molar-refractivity contribution is -0.108. The van der Waals surface area contributed by atoms with E-state index in [1.807, 2.05) is 26.0 Å². The Bertz CT molecular complexity index is 356. The first kappa shape index (κ1) is 12.8. The van der Waals surface area contributed by atoms with Crippen LogP contribution in [-0.4, -0.2) is 12.4 Å². The second kappa shape index (κ2) is 5.69. The summed E-state index contributed by atoms with van der Waals surface area (Å²) in [5.41, 5.74) is 2.32. The van der Waals surface area contributed by atoms with Crippen molar-refractivity contribution in [1.82, 2.24) is 0 Å². The third-order valence-electron chi connectivity index (χ3n) is 2.51. The van der Waals surface area contributed by atoms with Gasteiger partial charge in [-0.2, -0.15) is 0 Å². The summed E-state index contributed by atoms with van der Waals surface area (Å²) in [6, 6.07) is 6.13. The van der Waals surface area contributed by atoms with Crippen LogP contribution in [0, 0.1) is 6.92 Å². The molecule has 16 heavy (non-hydrogen) atoms. The number of ether oxygens (including phenoxy) is 1. The van der Waals surface area contributed by atoms with Gasteiger partial charge in [0, 0.05) is 6.42 Å². The van der Waals surface area contributed by atoms with Crippen molar-refractivity contribution in [2.75, 3.05) is 0 Å². The zero-order valence-electron chi connectivity index (χ0n) is 10.5. The third-order valence-corrected chi connectivity index (χ3v) is 2.51. The smallest absolute Gasteiger partial charge is 0.123 e. The summed E-state index contributed by atoms with van der Waals surface area (Å²) in [6.45, 7) is 8.12. The summed E-state index contributed by atoms with van der Waals surface area (Å²) >= 11 is 0. The quantitative estimate of drug-likeness (QED) is 0.710. The first-order chi connectivity index (χ1) is 7.54. The molecule has 1 aromatic carbocycles. The maximum atomic E-state index is 10.6. The highest BCUT2D eigenvalue weighted by Crippen LogP contribution is 2.30. The van der Waals surface area contributed by atoms with Gasteiger partial charge in [-0.15, -0.1) is 0 Å². The number of hydrogen-bond acceptors (Lipinski definition) is 2. The van der Waals surface area contributed by atoms with E-state index < -0.39 is 0 Å². The molecule has 0 spiro atoms. The zero-order valence-corrected chi connectivity index (χ0v) is 10.5. The van der Waals surface area contributed by atoms with Gasteiger partial charge in [-0.3, -0.25) is 0 Å². The molecule has 1 rings (SSSR count). The molecule has 0 aliphatic carbocycles. The number of rotatable bonds is 5. The lowest BCUT2D eigenvalue weighted by atomic mass is 9.96. The van der Waals surface area contributed by atoms with Crippen molar-refractivity contribution >= 4 is 6.29 Å². The molecule has 0 aromatic heterocycles. The molecule has 0 aliphatic heterocycles. The monoisotopic (exact) mass is 220 g/mol. The molecule has 0 heterocycles. The van der Waals surface area contributed by atoms with Gasteiger partial charge in [-0.25, -0.2) is 0 Å². The summed E-state index contributed by atoms with van der Waals surface area (Å²) in [6.07, 6.45) is 1.66. The van der Waals surface area contributed by atoms with Crippen LogP contribution in [0.5, 0.6) is 5.75 Å². The van der Waals surface area contributed by atoms with Gasteiger partial charge in [-0.05, 0) is 38.3 Å². The number of carbonyl (C=O) groups excluding carboxylic acids is 1.